The molecule has 0 aliphatic rings. The van der Waals surface area contributed by atoms with E-state index < -0.39 is 11.6 Å². The van der Waals surface area contributed by atoms with Gasteiger partial charge in [0.15, 0.2) is 0 Å². The van der Waals surface area contributed by atoms with Crippen molar-refractivity contribution >= 4 is 28.6 Å². The zero-order chi connectivity index (χ0) is 16.2. The van der Waals surface area contributed by atoms with Crippen molar-refractivity contribution in [2.45, 2.75) is 0 Å². The fourth-order valence-corrected chi connectivity index (χ4v) is 2.19. The highest BCUT2D eigenvalue weighted by molar-refractivity contribution is 5.81. The Morgan fingerprint density at radius 2 is 1.83 bits per heavy atom. The molecule has 1 aromatic heterocycles. The van der Waals surface area contributed by atoms with Gasteiger partial charge in [0.25, 0.3) is 0 Å². The van der Waals surface area contributed by atoms with Crippen molar-refractivity contribution in [3.05, 3.63) is 65.0 Å². The van der Waals surface area contributed by atoms with E-state index in [2.05, 4.69) is 4.98 Å². The number of benzene rings is 2. The lowest BCUT2D eigenvalue weighted by Crippen LogP contribution is -2.27. The van der Waals surface area contributed by atoms with Crippen LogP contribution >= 0.6 is 0 Å². The first-order valence-electron chi connectivity index (χ1n) is 6.98. The first kappa shape index (κ1) is 14.8. The van der Waals surface area contributed by atoms with Crippen molar-refractivity contribution in [3.63, 3.8) is 0 Å². The highest BCUT2D eigenvalue weighted by Gasteiger charge is 2.19. The van der Waals surface area contributed by atoms with Crippen LogP contribution in [0.4, 0.5) is 11.7 Å². The van der Waals surface area contributed by atoms with E-state index in [4.69, 9.17) is 9.15 Å². The molecule has 0 radical (unpaired) electrons. The van der Waals surface area contributed by atoms with Gasteiger partial charge in [-0.25, -0.2) is 4.79 Å². The van der Waals surface area contributed by atoms with E-state index in [0.717, 1.165) is 0 Å². The highest BCUT2D eigenvalue weighted by atomic mass is 16.5. The Kier molecular flexibility index (Phi) is 4.05. The topological polar surface area (TPSA) is 72.6 Å². The highest BCUT2D eigenvalue weighted by Crippen LogP contribution is 2.23. The number of methoxy groups -OCH3 is 1. The van der Waals surface area contributed by atoms with E-state index in [1.165, 1.54) is 12.0 Å². The third kappa shape index (κ3) is 3.06. The maximum Gasteiger partial charge on any atom is 0.348 e. The quantitative estimate of drug-likeness (QED) is 0.689. The van der Waals surface area contributed by atoms with Gasteiger partial charge in [0.2, 0.25) is 0 Å². The van der Waals surface area contributed by atoms with Crippen molar-refractivity contribution in [1.82, 2.24) is 4.98 Å². The molecule has 3 aromatic rings. The molecule has 0 aliphatic carbocycles. The molecule has 0 bridgehead atoms. The van der Waals surface area contributed by atoms with E-state index >= 15 is 0 Å². The van der Waals surface area contributed by atoms with Gasteiger partial charge in [-0.3, -0.25) is 9.69 Å². The third-order valence-corrected chi connectivity index (χ3v) is 3.34. The molecule has 0 atom stereocenters. The first-order valence-corrected chi connectivity index (χ1v) is 6.98. The molecule has 0 unspecified atom stereocenters. The lowest BCUT2D eigenvalue weighted by Gasteiger charge is -2.20. The number of nitrogens with zero attached hydrogens (tertiary/aromatic N) is 2. The normalized spacial score (nSPS) is 10.5. The van der Waals surface area contributed by atoms with Crippen LogP contribution in [-0.4, -0.2) is 24.6 Å². The summed E-state index contributed by atoms with van der Waals surface area (Å²) < 4.78 is 10.0. The summed E-state index contributed by atoms with van der Waals surface area (Å²) in [6, 6.07) is 16.0. The molecule has 6 heteroatoms. The minimum absolute atomic E-state index is 0.0466. The van der Waals surface area contributed by atoms with Gasteiger partial charge in [0, 0.05) is 5.69 Å². The van der Waals surface area contributed by atoms with Gasteiger partial charge < -0.3 is 9.15 Å². The van der Waals surface area contributed by atoms with Crippen LogP contribution in [0.25, 0.3) is 10.9 Å². The van der Waals surface area contributed by atoms with E-state index in [1.54, 1.807) is 36.4 Å². The molecule has 0 amide bonds. The Morgan fingerprint density at radius 1 is 1.13 bits per heavy atom. The Labute approximate surface area is 131 Å². The summed E-state index contributed by atoms with van der Waals surface area (Å²) in [7, 11) is 1.30. The van der Waals surface area contributed by atoms with Crippen LogP contribution < -0.4 is 10.5 Å². The van der Waals surface area contributed by atoms with Crippen molar-refractivity contribution in [2.24, 2.45) is 0 Å². The number of ether oxygens (including phenoxy) is 1. The number of anilines is 2. The lowest BCUT2D eigenvalue weighted by atomic mass is 10.2. The second-order valence-corrected chi connectivity index (χ2v) is 4.80. The van der Waals surface area contributed by atoms with Crippen LogP contribution in [0.5, 0.6) is 0 Å². The van der Waals surface area contributed by atoms with Crippen LogP contribution in [0, 0.1) is 0 Å². The zero-order valence-electron chi connectivity index (χ0n) is 12.4. The molecule has 6 nitrogen and oxygen atoms in total. The second-order valence-electron chi connectivity index (χ2n) is 4.80. The van der Waals surface area contributed by atoms with Crippen LogP contribution in [0.3, 0.4) is 0 Å². The Bertz CT molecular complexity index is 890. The molecule has 0 saturated carbocycles. The molecule has 116 valence electrons. The number of hydrogen-bond donors (Lipinski definition) is 0. The Balaban J connectivity index is 2.13. The van der Waals surface area contributed by atoms with Crippen molar-refractivity contribution in [3.8, 4) is 0 Å². The fraction of sp³-hybridized carbons (Fsp3) is 0.118. The van der Waals surface area contributed by atoms with Crippen LogP contribution in [0.2, 0.25) is 0 Å². The molecule has 0 saturated heterocycles. The van der Waals surface area contributed by atoms with Crippen LogP contribution in [-0.2, 0) is 9.53 Å². The lowest BCUT2D eigenvalue weighted by molar-refractivity contribution is -0.138. The molecule has 0 fully saturated rings. The molecule has 0 aliphatic heterocycles. The summed E-state index contributed by atoms with van der Waals surface area (Å²) in [4.78, 5) is 29.7. The van der Waals surface area contributed by atoms with Crippen LogP contribution in [0.15, 0.2) is 63.8 Å². The van der Waals surface area contributed by atoms with Crippen LogP contribution in [0.1, 0.15) is 0 Å². The van der Waals surface area contributed by atoms with E-state index in [9.17, 15) is 9.59 Å². The monoisotopic (exact) mass is 310 g/mol. The van der Waals surface area contributed by atoms with Gasteiger partial charge in [0.1, 0.15) is 6.54 Å². The fourth-order valence-electron chi connectivity index (χ4n) is 2.19. The number of carbonyl (C=O) groups is 1. The summed E-state index contributed by atoms with van der Waals surface area (Å²) in [6.45, 7) is -0.116. The minimum Gasteiger partial charge on any atom is -0.468 e. The summed E-state index contributed by atoms with van der Waals surface area (Å²) in [5, 5.41) is 0.391. The molecule has 1 heterocycles. The molecule has 2 aromatic carbocycles. The number of para-hydroxylation sites is 2. The number of esters is 1. The molecular weight excluding hydrogens is 296 g/mol. The standard InChI is InChI=1S/C17H14N2O4/c1-22-15(20)11-19(12-7-3-2-4-8-12)17-18-14-10-6-5-9-13(14)16(21)23-17/h2-10H,11H2,1H3. The number of hydrogen-bond acceptors (Lipinski definition) is 6. The van der Waals surface area contributed by atoms with Gasteiger partial charge >= 0.3 is 17.6 Å². The second kappa shape index (κ2) is 6.31. The molecule has 0 N–H and O–H groups in total. The summed E-state index contributed by atoms with van der Waals surface area (Å²) in [5.41, 5.74) is 0.671. The predicted molar refractivity (Wildman–Crippen MR) is 85.7 cm³/mol. The molecule has 23 heavy (non-hydrogen) atoms. The van der Waals surface area contributed by atoms with Gasteiger partial charge in [0.05, 0.1) is 18.0 Å². The van der Waals surface area contributed by atoms with Gasteiger partial charge in [-0.1, -0.05) is 30.3 Å². The van der Waals surface area contributed by atoms with E-state index in [1.807, 2.05) is 18.2 Å². The number of carbonyl (C=O) groups excluding carboxylic acids is 1. The van der Waals surface area contributed by atoms with Crippen molar-refractivity contribution < 1.29 is 13.9 Å². The average Bonchev–Trinajstić information content (AvgIpc) is 2.60. The number of aromatic nitrogens is 1. The zero-order valence-corrected chi connectivity index (χ0v) is 12.4. The molecule has 3 rings (SSSR count). The third-order valence-electron chi connectivity index (χ3n) is 3.34. The largest absolute Gasteiger partial charge is 0.468 e. The number of fused-ring (bicyclic) bond motifs is 1. The summed E-state index contributed by atoms with van der Waals surface area (Å²) in [6.07, 6.45) is 0. The first-order chi connectivity index (χ1) is 11.2. The van der Waals surface area contributed by atoms with Gasteiger partial charge in [-0.2, -0.15) is 4.98 Å². The predicted octanol–water partition coefficient (Wildman–Crippen LogP) is 2.50. The maximum atomic E-state index is 12.1. The van der Waals surface area contributed by atoms with Gasteiger partial charge in [-0.05, 0) is 24.3 Å². The maximum absolute atomic E-state index is 12.1. The summed E-state index contributed by atoms with van der Waals surface area (Å²) in [5.74, 6) is -0.466. The van der Waals surface area contributed by atoms with E-state index in [0.29, 0.717) is 16.6 Å². The van der Waals surface area contributed by atoms with Gasteiger partial charge in [-0.15, -0.1) is 0 Å². The summed E-state index contributed by atoms with van der Waals surface area (Å²) >= 11 is 0. The number of rotatable bonds is 4. The average molecular weight is 310 g/mol. The minimum atomic E-state index is -0.503. The molecular formula is C17H14N2O4. The Hall–Kier alpha value is -3.15. The van der Waals surface area contributed by atoms with E-state index in [-0.39, 0.29) is 12.6 Å². The Morgan fingerprint density at radius 3 is 2.57 bits per heavy atom. The smallest absolute Gasteiger partial charge is 0.348 e. The van der Waals surface area contributed by atoms with Crippen molar-refractivity contribution in [1.29, 1.82) is 0 Å². The molecule has 0 spiro atoms. The van der Waals surface area contributed by atoms with Crippen molar-refractivity contribution in [2.75, 3.05) is 18.6 Å². The SMILES string of the molecule is COC(=O)CN(c1ccccc1)c1nc2ccccc2c(=O)o1.